The van der Waals surface area contributed by atoms with E-state index in [1.807, 2.05) is 0 Å². The molecule has 2 rings (SSSR count). The summed E-state index contributed by atoms with van der Waals surface area (Å²) in [5, 5.41) is 0. The Kier molecular flexibility index (Phi) is 4.48. The fraction of sp³-hybridized carbons (Fsp3) is 1.00. The standard InChI is InChI=1S/C15H30N2/c1-13-7-6-8-14(11-13)17(2)15(12-16)9-4-3-5-10-15/h13-14H,3-12,16H2,1-2H3. The quantitative estimate of drug-likeness (QED) is 0.818. The second-order valence-corrected chi connectivity index (χ2v) is 6.53. The summed E-state index contributed by atoms with van der Waals surface area (Å²) in [6.45, 7) is 3.27. The van der Waals surface area contributed by atoms with Crippen LogP contribution in [-0.4, -0.2) is 30.1 Å². The van der Waals surface area contributed by atoms with Gasteiger partial charge in [0.15, 0.2) is 0 Å². The first-order chi connectivity index (χ1) is 8.18. The Morgan fingerprint density at radius 3 is 2.41 bits per heavy atom. The number of nitrogens with zero attached hydrogens (tertiary/aromatic N) is 1. The fourth-order valence-electron chi connectivity index (χ4n) is 4.05. The van der Waals surface area contributed by atoms with Crippen molar-refractivity contribution in [2.45, 2.75) is 76.3 Å². The fourth-order valence-corrected chi connectivity index (χ4v) is 4.05. The minimum Gasteiger partial charge on any atom is -0.329 e. The molecule has 2 unspecified atom stereocenters. The third kappa shape index (κ3) is 2.85. The highest BCUT2D eigenvalue weighted by atomic mass is 15.2. The molecule has 2 atom stereocenters. The molecule has 100 valence electrons. The van der Waals surface area contributed by atoms with E-state index < -0.39 is 0 Å². The number of hydrogen-bond donors (Lipinski definition) is 1. The van der Waals surface area contributed by atoms with E-state index in [0.717, 1.165) is 18.5 Å². The molecule has 2 saturated carbocycles. The van der Waals surface area contributed by atoms with Crippen LogP contribution >= 0.6 is 0 Å². The van der Waals surface area contributed by atoms with Gasteiger partial charge < -0.3 is 5.73 Å². The van der Waals surface area contributed by atoms with Crippen molar-refractivity contribution in [1.29, 1.82) is 0 Å². The lowest BCUT2D eigenvalue weighted by molar-refractivity contribution is 0.0208. The second-order valence-electron chi connectivity index (χ2n) is 6.53. The number of nitrogens with two attached hydrogens (primary N) is 1. The van der Waals surface area contributed by atoms with Crippen molar-refractivity contribution in [2.75, 3.05) is 13.6 Å². The van der Waals surface area contributed by atoms with Crippen molar-refractivity contribution in [3.8, 4) is 0 Å². The lowest BCUT2D eigenvalue weighted by Gasteiger charge is -2.49. The van der Waals surface area contributed by atoms with Gasteiger partial charge in [-0.1, -0.05) is 39.0 Å². The van der Waals surface area contributed by atoms with E-state index >= 15 is 0 Å². The Morgan fingerprint density at radius 1 is 1.12 bits per heavy atom. The zero-order valence-corrected chi connectivity index (χ0v) is 11.8. The summed E-state index contributed by atoms with van der Waals surface area (Å²) < 4.78 is 0. The van der Waals surface area contributed by atoms with Crippen molar-refractivity contribution < 1.29 is 0 Å². The Balaban J connectivity index is 2.02. The van der Waals surface area contributed by atoms with Gasteiger partial charge in [0.1, 0.15) is 0 Å². The largest absolute Gasteiger partial charge is 0.329 e. The van der Waals surface area contributed by atoms with Crippen LogP contribution in [0.5, 0.6) is 0 Å². The molecule has 0 saturated heterocycles. The number of rotatable bonds is 3. The first kappa shape index (κ1) is 13.4. The van der Waals surface area contributed by atoms with Crippen LogP contribution in [0.4, 0.5) is 0 Å². The Labute approximate surface area is 107 Å². The average molecular weight is 238 g/mol. The van der Waals surface area contributed by atoms with Crippen molar-refractivity contribution in [3.05, 3.63) is 0 Å². The smallest absolute Gasteiger partial charge is 0.0331 e. The van der Waals surface area contributed by atoms with E-state index in [1.54, 1.807) is 0 Å². The van der Waals surface area contributed by atoms with Crippen LogP contribution in [0.3, 0.4) is 0 Å². The molecule has 2 N–H and O–H groups in total. The van der Waals surface area contributed by atoms with Crippen LogP contribution < -0.4 is 5.73 Å². The van der Waals surface area contributed by atoms with Gasteiger partial charge in [0.25, 0.3) is 0 Å². The monoisotopic (exact) mass is 238 g/mol. The molecule has 0 radical (unpaired) electrons. The summed E-state index contributed by atoms with van der Waals surface area (Å²) in [5.74, 6) is 0.912. The summed E-state index contributed by atoms with van der Waals surface area (Å²) in [4.78, 5) is 2.68. The molecule has 2 fully saturated rings. The molecule has 0 amide bonds. The van der Waals surface area contributed by atoms with Crippen molar-refractivity contribution in [3.63, 3.8) is 0 Å². The van der Waals surface area contributed by atoms with E-state index in [4.69, 9.17) is 5.73 Å². The molecule has 0 spiro atoms. The van der Waals surface area contributed by atoms with Crippen molar-refractivity contribution in [2.24, 2.45) is 11.7 Å². The SMILES string of the molecule is CC1CCCC(N(C)C2(CN)CCCCC2)C1. The van der Waals surface area contributed by atoms with Gasteiger partial charge in [0.05, 0.1) is 0 Å². The van der Waals surface area contributed by atoms with Gasteiger partial charge in [-0.15, -0.1) is 0 Å². The third-order valence-electron chi connectivity index (χ3n) is 5.37. The van der Waals surface area contributed by atoms with Gasteiger partial charge in [-0.3, -0.25) is 4.90 Å². The van der Waals surface area contributed by atoms with Gasteiger partial charge in [0.2, 0.25) is 0 Å². The predicted molar refractivity (Wildman–Crippen MR) is 74.1 cm³/mol. The highest BCUT2D eigenvalue weighted by Gasteiger charge is 2.38. The zero-order valence-electron chi connectivity index (χ0n) is 11.8. The van der Waals surface area contributed by atoms with Crippen LogP contribution in [0.1, 0.15) is 64.7 Å². The topological polar surface area (TPSA) is 29.3 Å². The predicted octanol–water partition coefficient (Wildman–Crippen LogP) is 3.16. The van der Waals surface area contributed by atoms with E-state index in [0.29, 0.717) is 5.54 Å². The Morgan fingerprint density at radius 2 is 1.82 bits per heavy atom. The van der Waals surface area contributed by atoms with E-state index in [9.17, 15) is 0 Å². The normalized spacial score (nSPS) is 33.9. The zero-order chi connectivity index (χ0) is 12.3. The van der Waals surface area contributed by atoms with E-state index in [-0.39, 0.29) is 0 Å². The molecule has 17 heavy (non-hydrogen) atoms. The summed E-state index contributed by atoms with van der Waals surface area (Å²) in [7, 11) is 2.35. The number of hydrogen-bond acceptors (Lipinski definition) is 2. The molecular formula is C15H30N2. The number of likely N-dealkylation sites (N-methyl/N-ethyl adjacent to an activating group) is 1. The van der Waals surface area contributed by atoms with Crippen molar-refractivity contribution in [1.82, 2.24) is 4.90 Å². The minimum absolute atomic E-state index is 0.333. The molecule has 0 heterocycles. The minimum atomic E-state index is 0.333. The summed E-state index contributed by atoms with van der Waals surface area (Å²) in [6.07, 6.45) is 12.4. The van der Waals surface area contributed by atoms with Crippen LogP contribution in [0.25, 0.3) is 0 Å². The second kappa shape index (κ2) is 5.71. The lowest BCUT2D eigenvalue weighted by atomic mass is 9.77. The molecule has 0 bridgehead atoms. The molecule has 2 aliphatic carbocycles. The van der Waals surface area contributed by atoms with Gasteiger partial charge in [-0.25, -0.2) is 0 Å². The first-order valence-electron chi connectivity index (χ1n) is 7.61. The Bertz CT molecular complexity index is 233. The van der Waals surface area contributed by atoms with Crippen LogP contribution in [-0.2, 0) is 0 Å². The molecular weight excluding hydrogens is 208 g/mol. The summed E-state index contributed by atoms with van der Waals surface area (Å²) in [6, 6.07) is 0.792. The average Bonchev–Trinajstić information content (AvgIpc) is 2.38. The molecule has 2 heteroatoms. The summed E-state index contributed by atoms with van der Waals surface area (Å²) in [5.41, 5.74) is 6.47. The van der Waals surface area contributed by atoms with Crippen molar-refractivity contribution >= 4 is 0 Å². The highest BCUT2D eigenvalue weighted by Crippen LogP contribution is 2.37. The maximum absolute atomic E-state index is 6.14. The third-order valence-corrected chi connectivity index (χ3v) is 5.37. The maximum atomic E-state index is 6.14. The molecule has 0 aromatic carbocycles. The lowest BCUT2D eigenvalue weighted by Crippen LogP contribution is -2.57. The molecule has 0 aromatic rings. The van der Waals surface area contributed by atoms with Gasteiger partial charge >= 0.3 is 0 Å². The van der Waals surface area contributed by atoms with Gasteiger partial charge in [-0.2, -0.15) is 0 Å². The molecule has 0 aromatic heterocycles. The summed E-state index contributed by atoms with van der Waals surface area (Å²) >= 11 is 0. The van der Waals surface area contributed by atoms with Crippen LogP contribution in [0.2, 0.25) is 0 Å². The Hall–Kier alpha value is -0.0800. The first-order valence-corrected chi connectivity index (χ1v) is 7.61. The van der Waals surface area contributed by atoms with Crippen LogP contribution in [0.15, 0.2) is 0 Å². The van der Waals surface area contributed by atoms with Gasteiger partial charge in [0, 0.05) is 18.1 Å². The van der Waals surface area contributed by atoms with E-state index in [2.05, 4.69) is 18.9 Å². The maximum Gasteiger partial charge on any atom is 0.0331 e. The molecule has 2 aliphatic rings. The van der Waals surface area contributed by atoms with E-state index in [1.165, 1.54) is 57.8 Å². The van der Waals surface area contributed by atoms with Crippen LogP contribution in [0, 0.1) is 5.92 Å². The van der Waals surface area contributed by atoms with Gasteiger partial charge in [-0.05, 0) is 38.6 Å². The molecule has 0 aliphatic heterocycles. The highest BCUT2D eigenvalue weighted by molar-refractivity contribution is 4.96. The molecule has 2 nitrogen and oxygen atoms in total.